The summed E-state index contributed by atoms with van der Waals surface area (Å²) in [6.07, 6.45) is 0. The molecule has 63 heavy (non-hydrogen) atoms. The lowest BCUT2D eigenvalue weighted by atomic mass is 9.69. The van der Waals surface area contributed by atoms with Gasteiger partial charge in [0.25, 0.3) is 0 Å². The maximum absolute atomic E-state index is 2.52. The third kappa shape index (κ3) is 5.71. The van der Waals surface area contributed by atoms with Gasteiger partial charge in [-0.05, 0) is 201 Å². The number of fused-ring (bicyclic) bond motifs is 13. The molecule has 0 radical (unpaired) electrons. The molecule has 0 saturated carbocycles. The third-order valence-corrected chi connectivity index (χ3v) is 13.5. The molecule has 2 aliphatic carbocycles. The van der Waals surface area contributed by atoms with Crippen LogP contribution < -0.4 is 9.80 Å². The molecule has 2 heteroatoms. The second-order valence-corrected chi connectivity index (χ2v) is 17.7. The lowest BCUT2D eigenvalue weighted by Crippen LogP contribution is -2.26. The van der Waals surface area contributed by atoms with Crippen molar-refractivity contribution in [2.24, 2.45) is 0 Å². The Bertz CT molecular complexity index is 3370. The number of benzene rings is 10. The van der Waals surface area contributed by atoms with Gasteiger partial charge in [-0.3, -0.25) is 0 Å². The summed E-state index contributed by atoms with van der Waals surface area (Å²) in [6, 6.07) is 77.4. The average molecular weight is 807 g/mol. The number of hydrogen-bond acceptors (Lipinski definition) is 2. The van der Waals surface area contributed by atoms with Gasteiger partial charge in [-0.1, -0.05) is 121 Å². The summed E-state index contributed by atoms with van der Waals surface area (Å²) >= 11 is 0. The highest BCUT2D eigenvalue weighted by Crippen LogP contribution is 2.64. The number of aryl methyl sites for hydroxylation is 4. The Morgan fingerprint density at radius 2 is 0.762 bits per heavy atom. The average Bonchev–Trinajstić information content (AvgIpc) is 3.75. The minimum atomic E-state index is -0.511. The van der Waals surface area contributed by atoms with Gasteiger partial charge in [-0.25, -0.2) is 0 Å². The van der Waals surface area contributed by atoms with E-state index in [1.807, 2.05) is 0 Å². The normalized spacial score (nSPS) is 12.9. The van der Waals surface area contributed by atoms with E-state index in [-0.39, 0.29) is 0 Å². The maximum Gasteiger partial charge on any atom is 0.0731 e. The molecule has 10 aromatic carbocycles. The molecule has 0 saturated heterocycles. The largest absolute Gasteiger partial charge is 0.310 e. The molecule has 0 N–H and O–H groups in total. The predicted molar refractivity (Wildman–Crippen MR) is 266 cm³/mol. The fraction of sp³-hybridized carbons (Fsp3) is 0.0820. The molecular weight excluding hydrogens is 761 g/mol. The van der Waals surface area contributed by atoms with Crippen molar-refractivity contribution < 1.29 is 0 Å². The van der Waals surface area contributed by atoms with E-state index in [0.29, 0.717) is 0 Å². The van der Waals surface area contributed by atoms with Gasteiger partial charge in [-0.15, -0.1) is 0 Å². The first-order valence-corrected chi connectivity index (χ1v) is 22.1. The molecule has 0 atom stereocenters. The Hall–Kier alpha value is -7.68. The molecule has 2 nitrogen and oxygen atoms in total. The highest BCUT2D eigenvalue weighted by molar-refractivity contribution is 6.07. The summed E-state index contributed by atoms with van der Waals surface area (Å²) in [7, 11) is 0. The standard InChI is InChI=1S/C61H46N2/c1-39-29-40(2)32-50(31-39)62(46-15-7-5-8-16-46)48-25-23-43-37-56-55-27-24-44-35-49(63(47-17-9-6-10-18-47)51-33-41(3)30-42(4)34-51)26-28-52(44)60(55)61(59(56)38-45(43)36-48)57-21-13-11-19-53(57)54-20-12-14-22-58(54)61/h5-38H,1-4H3. The van der Waals surface area contributed by atoms with Crippen LogP contribution in [0.3, 0.4) is 0 Å². The first kappa shape index (κ1) is 37.1. The van der Waals surface area contributed by atoms with Crippen molar-refractivity contribution in [2.45, 2.75) is 33.1 Å². The summed E-state index contributed by atoms with van der Waals surface area (Å²) in [4.78, 5) is 4.80. The van der Waals surface area contributed by atoms with Gasteiger partial charge in [0.1, 0.15) is 0 Å². The van der Waals surface area contributed by atoms with Crippen LogP contribution in [0.15, 0.2) is 206 Å². The van der Waals surface area contributed by atoms with Crippen LogP contribution in [-0.4, -0.2) is 0 Å². The van der Waals surface area contributed by atoms with Crippen molar-refractivity contribution in [3.8, 4) is 22.3 Å². The molecule has 0 fully saturated rings. The van der Waals surface area contributed by atoms with Crippen LogP contribution in [0.1, 0.15) is 44.5 Å². The Morgan fingerprint density at radius 1 is 0.286 bits per heavy atom. The van der Waals surface area contributed by atoms with Crippen LogP contribution in [0.2, 0.25) is 0 Å². The molecule has 0 bridgehead atoms. The molecule has 0 aromatic heterocycles. The van der Waals surface area contributed by atoms with Crippen LogP contribution in [0.5, 0.6) is 0 Å². The van der Waals surface area contributed by atoms with Gasteiger partial charge < -0.3 is 9.80 Å². The number of nitrogens with zero attached hydrogens (tertiary/aromatic N) is 2. The molecule has 300 valence electrons. The fourth-order valence-electron chi connectivity index (χ4n) is 11.2. The molecule has 2 aliphatic rings. The topological polar surface area (TPSA) is 6.48 Å². The lowest BCUT2D eigenvalue weighted by molar-refractivity contribution is 0.802. The van der Waals surface area contributed by atoms with Crippen molar-refractivity contribution in [1.82, 2.24) is 0 Å². The summed E-state index contributed by atoms with van der Waals surface area (Å²) in [5, 5.41) is 4.96. The molecule has 1 spiro atoms. The molecule has 0 amide bonds. The zero-order valence-corrected chi connectivity index (χ0v) is 36.0. The van der Waals surface area contributed by atoms with Crippen molar-refractivity contribution >= 4 is 55.7 Å². The van der Waals surface area contributed by atoms with Gasteiger partial charge in [-0.2, -0.15) is 0 Å². The quantitative estimate of drug-likeness (QED) is 0.165. The second kappa shape index (κ2) is 14.2. The van der Waals surface area contributed by atoms with Gasteiger partial charge in [0.05, 0.1) is 5.41 Å². The molecule has 0 unspecified atom stereocenters. The minimum Gasteiger partial charge on any atom is -0.310 e. The van der Waals surface area contributed by atoms with Gasteiger partial charge in [0.15, 0.2) is 0 Å². The molecular formula is C61H46N2. The first-order valence-electron chi connectivity index (χ1n) is 22.1. The van der Waals surface area contributed by atoms with E-state index in [1.165, 1.54) is 88.3 Å². The highest BCUT2D eigenvalue weighted by atomic mass is 15.1. The Kier molecular flexibility index (Phi) is 8.36. The zero-order valence-electron chi connectivity index (χ0n) is 36.0. The van der Waals surface area contributed by atoms with E-state index in [2.05, 4.69) is 244 Å². The van der Waals surface area contributed by atoms with Crippen molar-refractivity contribution in [3.05, 3.63) is 251 Å². The van der Waals surface area contributed by atoms with E-state index >= 15 is 0 Å². The smallest absolute Gasteiger partial charge is 0.0731 e. The summed E-state index contributed by atoms with van der Waals surface area (Å²) in [5.74, 6) is 0. The molecule has 10 aromatic rings. The van der Waals surface area contributed by atoms with Gasteiger partial charge >= 0.3 is 0 Å². The SMILES string of the molecule is Cc1cc(C)cc(N(c2ccccc2)c2ccc3cc4c(cc3c2)C2(c3ccccc3-c3ccccc32)c2c-4ccc3cc(N(c4ccccc4)c4cc(C)cc(C)c4)ccc23)c1. The Balaban J connectivity index is 1.11. The molecule has 0 aliphatic heterocycles. The number of para-hydroxylation sites is 2. The van der Waals surface area contributed by atoms with E-state index in [9.17, 15) is 0 Å². The van der Waals surface area contributed by atoms with E-state index in [0.717, 1.165) is 34.1 Å². The zero-order chi connectivity index (χ0) is 42.4. The van der Waals surface area contributed by atoms with Crippen molar-refractivity contribution in [2.75, 3.05) is 9.80 Å². The van der Waals surface area contributed by atoms with E-state index < -0.39 is 5.41 Å². The van der Waals surface area contributed by atoms with Crippen LogP contribution in [-0.2, 0) is 5.41 Å². The highest BCUT2D eigenvalue weighted by Gasteiger charge is 2.52. The number of rotatable bonds is 6. The maximum atomic E-state index is 2.52. The van der Waals surface area contributed by atoms with Gasteiger partial charge in [0, 0.05) is 34.1 Å². The third-order valence-electron chi connectivity index (χ3n) is 13.5. The van der Waals surface area contributed by atoms with Gasteiger partial charge in [0.2, 0.25) is 0 Å². The van der Waals surface area contributed by atoms with E-state index in [4.69, 9.17) is 0 Å². The van der Waals surface area contributed by atoms with Crippen molar-refractivity contribution in [1.29, 1.82) is 0 Å². The Labute approximate surface area is 370 Å². The van der Waals surface area contributed by atoms with Crippen LogP contribution in [0.25, 0.3) is 43.8 Å². The number of anilines is 6. The molecule has 0 heterocycles. The minimum absolute atomic E-state index is 0.511. The summed E-state index contributed by atoms with van der Waals surface area (Å²) < 4.78 is 0. The van der Waals surface area contributed by atoms with Crippen LogP contribution >= 0.6 is 0 Å². The fourth-order valence-corrected chi connectivity index (χ4v) is 11.2. The van der Waals surface area contributed by atoms with Crippen LogP contribution in [0, 0.1) is 27.7 Å². The lowest BCUT2D eigenvalue weighted by Gasteiger charge is -2.32. The van der Waals surface area contributed by atoms with E-state index in [1.54, 1.807) is 0 Å². The summed E-state index contributed by atoms with van der Waals surface area (Å²) in [6.45, 7) is 8.75. The first-order chi connectivity index (χ1) is 30.8. The van der Waals surface area contributed by atoms with Crippen LogP contribution in [0.4, 0.5) is 34.1 Å². The monoisotopic (exact) mass is 806 g/mol. The predicted octanol–water partition coefficient (Wildman–Crippen LogP) is 16.5. The molecule has 12 rings (SSSR count). The Morgan fingerprint density at radius 3 is 1.32 bits per heavy atom. The number of hydrogen-bond donors (Lipinski definition) is 0. The summed E-state index contributed by atoms with van der Waals surface area (Å²) in [5.41, 5.74) is 22.0. The van der Waals surface area contributed by atoms with Crippen molar-refractivity contribution in [3.63, 3.8) is 0 Å². The second-order valence-electron chi connectivity index (χ2n) is 17.7.